The summed E-state index contributed by atoms with van der Waals surface area (Å²) in [5.41, 5.74) is 8.11. The zero-order valence-corrected chi connectivity index (χ0v) is 14.4. The second-order valence-corrected chi connectivity index (χ2v) is 9.20. The molecule has 1 aromatic heterocycles. The van der Waals surface area contributed by atoms with Crippen LogP contribution in [0.4, 0.5) is 0 Å². The molecule has 0 amide bonds. The van der Waals surface area contributed by atoms with Crippen molar-refractivity contribution in [3.8, 4) is 0 Å². The van der Waals surface area contributed by atoms with Gasteiger partial charge in [-0.3, -0.25) is 0 Å². The van der Waals surface area contributed by atoms with E-state index in [4.69, 9.17) is 5.73 Å². The summed E-state index contributed by atoms with van der Waals surface area (Å²) in [4.78, 5) is 1.12. The van der Waals surface area contributed by atoms with Crippen LogP contribution in [0.25, 0.3) is 0 Å². The fourth-order valence-electron chi connectivity index (χ4n) is 2.51. The average molecular weight is 387 g/mol. The fourth-order valence-corrected chi connectivity index (χ4v) is 6.16. The predicted molar refractivity (Wildman–Crippen MR) is 88.0 cm³/mol. The minimum Gasteiger partial charge on any atom is -0.326 e. The molecule has 0 fully saturated rings. The van der Waals surface area contributed by atoms with Crippen LogP contribution in [0.5, 0.6) is 0 Å². The summed E-state index contributed by atoms with van der Waals surface area (Å²) < 4.78 is 28.0. The number of hydrogen-bond donors (Lipinski definition) is 2. The number of thiophene rings is 1. The van der Waals surface area contributed by atoms with Gasteiger partial charge < -0.3 is 5.73 Å². The normalized spacial score (nSPS) is 17.3. The molecule has 4 nitrogen and oxygen atoms in total. The maximum Gasteiger partial charge on any atom is 0.242 e. The third kappa shape index (κ3) is 2.93. The largest absolute Gasteiger partial charge is 0.326 e. The van der Waals surface area contributed by atoms with Crippen LogP contribution >= 0.6 is 27.3 Å². The first-order valence-corrected chi connectivity index (χ1v) is 9.66. The van der Waals surface area contributed by atoms with E-state index in [9.17, 15) is 8.42 Å². The monoisotopic (exact) mass is 386 g/mol. The second-order valence-electron chi connectivity index (χ2n) is 5.01. The van der Waals surface area contributed by atoms with Crippen LogP contribution in [0.3, 0.4) is 0 Å². The Morgan fingerprint density at radius 3 is 2.81 bits per heavy atom. The molecule has 1 aromatic carbocycles. The zero-order valence-electron chi connectivity index (χ0n) is 11.2. The van der Waals surface area contributed by atoms with Gasteiger partial charge in [0.25, 0.3) is 0 Å². The van der Waals surface area contributed by atoms with Crippen molar-refractivity contribution < 1.29 is 8.42 Å². The summed E-state index contributed by atoms with van der Waals surface area (Å²) in [6.07, 6.45) is 0.928. The van der Waals surface area contributed by atoms with Gasteiger partial charge in [0.1, 0.15) is 4.90 Å². The second kappa shape index (κ2) is 5.81. The van der Waals surface area contributed by atoms with E-state index in [0.29, 0.717) is 16.9 Å². The molecular weight excluding hydrogens is 372 g/mol. The fraction of sp³-hybridized carbons (Fsp3) is 0.286. The number of nitrogens with two attached hydrogens (primary N) is 1. The number of nitrogens with one attached hydrogen (secondary N) is 1. The van der Waals surface area contributed by atoms with Crippen molar-refractivity contribution in [2.45, 2.75) is 23.8 Å². The highest BCUT2D eigenvalue weighted by atomic mass is 79.9. The van der Waals surface area contributed by atoms with Crippen LogP contribution < -0.4 is 10.5 Å². The number of rotatable bonds is 5. The van der Waals surface area contributed by atoms with Crippen molar-refractivity contribution in [1.82, 2.24) is 4.72 Å². The molecule has 2 aromatic rings. The number of sulfonamides is 1. The van der Waals surface area contributed by atoms with Gasteiger partial charge in [0.15, 0.2) is 0 Å². The summed E-state index contributed by atoms with van der Waals surface area (Å²) in [6.45, 7) is 0.772. The summed E-state index contributed by atoms with van der Waals surface area (Å²) in [5, 5.41) is 0. The number of hydrogen-bond acceptors (Lipinski definition) is 4. The molecular formula is C14H15BrN2O2S2. The lowest BCUT2D eigenvalue weighted by atomic mass is 9.78. The van der Waals surface area contributed by atoms with Crippen LogP contribution in [-0.2, 0) is 23.0 Å². The molecule has 1 heterocycles. The van der Waals surface area contributed by atoms with Crippen molar-refractivity contribution in [3.63, 3.8) is 0 Å². The molecule has 0 saturated heterocycles. The molecule has 1 unspecified atom stereocenters. The molecule has 0 radical (unpaired) electrons. The first-order valence-electron chi connectivity index (χ1n) is 6.57. The predicted octanol–water partition coefficient (Wildman–Crippen LogP) is 2.59. The van der Waals surface area contributed by atoms with Gasteiger partial charge in [0.05, 0.1) is 3.79 Å². The SMILES string of the molecule is NCc1cc(S(=O)(=O)NCC2Cc3ccccc32)c(Br)s1. The maximum atomic E-state index is 12.4. The molecule has 0 aliphatic heterocycles. The van der Waals surface area contributed by atoms with Gasteiger partial charge in [-0.1, -0.05) is 24.3 Å². The Hall–Kier alpha value is -0.730. The van der Waals surface area contributed by atoms with Gasteiger partial charge in [-0.15, -0.1) is 11.3 Å². The van der Waals surface area contributed by atoms with Gasteiger partial charge >= 0.3 is 0 Å². The Labute approximate surface area is 136 Å². The highest BCUT2D eigenvalue weighted by Gasteiger charge is 2.28. The number of halogens is 1. The minimum atomic E-state index is -3.50. The van der Waals surface area contributed by atoms with Gasteiger partial charge in [-0.05, 0) is 39.5 Å². The van der Waals surface area contributed by atoms with E-state index in [1.54, 1.807) is 6.07 Å². The van der Waals surface area contributed by atoms with Crippen molar-refractivity contribution in [2.75, 3.05) is 6.54 Å². The number of benzene rings is 1. The van der Waals surface area contributed by atoms with E-state index in [0.717, 1.165) is 11.3 Å². The van der Waals surface area contributed by atoms with E-state index in [1.165, 1.54) is 22.5 Å². The number of fused-ring (bicyclic) bond motifs is 1. The smallest absolute Gasteiger partial charge is 0.242 e. The van der Waals surface area contributed by atoms with Gasteiger partial charge in [-0.2, -0.15) is 0 Å². The average Bonchev–Trinajstić information content (AvgIpc) is 2.82. The lowest BCUT2D eigenvalue weighted by Gasteiger charge is -2.30. The van der Waals surface area contributed by atoms with Crippen LogP contribution in [0.2, 0.25) is 0 Å². The molecule has 1 atom stereocenters. The Kier molecular flexibility index (Phi) is 4.20. The third-order valence-electron chi connectivity index (χ3n) is 3.68. The first kappa shape index (κ1) is 15.2. The van der Waals surface area contributed by atoms with Crippen molar-refractivity contribution in [1.29, 1.82) is 0 Å². The maximum absolute atomic E-state index is 12.4. The van der Waals surface area contributed by atoms with Crippen molar-refractivity contribution >= 4 is 37.3 Å². The molecule has 112 valence electrons. The van der Waals surface area contributed by atoms with Gasteiger partial charge in [-0.25, -0.2) is 13.1 Å². The van der Waals surface area contributed by atoms with Crippen LogP contribution in [-0.4, -0.2) is 15.0 Å². The zero-order chi connectivity index (χ0) is 15.0. The molecule has 3 N–H and O–H groups in total. The van der Waals surface area contributed by atoms with Gasteiger partial charge in [0.2, 0.25) is 10.0 Å². The minimum absolute atomic E-state index is 0.266. The van der Waals surface area contributed by atoms with E-state index >= 15 is 0 Å². The van der Waals surface area contributed by atoms with E-state index in [2.05, 4.69) is 32.8 Å². The molecule has 0 bridgehead atoms. The van der Waals surface area contributed by atoms with E-state index in [1.807, 2.05) is 12.1 Å². The molecule has 0 spiro atoms. The van der Waals surface area contributed by atoms with Gasteiger partial charge in [0, 0.05) is 23.9 Å². The molecule has 1 aliphatic carbocycles. The molecule has 3 rings (SSSR count). The summed E-state index contributed by atoms with van der Waals surface area (Å²) in [6, 6.07) is 9.78. The molecule has 7 heteroatoms. The van der Waals surface area contributed by atoms with Crippen LogP contribution in [0.1, 0.15) is 21.9 Å². The Balaban J connectivity index is 1.72. The third-order valence-corrected chi connectivity index (χ3v) is 7.38. The standard InChI is InChI=1S/C14H15BrN2O2S2/c15-14-13(6-11(7-16)20-14)21(18,19)17-8-10-5-9-3-1-2-4-12(9)10/h1-4,6,10,17H,5,7-8,16H2. The van der Waals surface area contributed by atoms with Crippen LogP contribution in [0.15, 0.2) is 39.0 Å². The summed E-state index contributed by atoms with van der Waals surface area (Å²) >= 11 is 4.66. The summed E-state index contributed by atoms with van der Waals surface area (Å²) in [7, 11) is -3.50. The van der Waals surface area contributed by atoms with Crippen molar-refractivity contribution in [3.05, 3.63) is 50.1 Å². The molecule has 0 saturated carbocycles. The quantitative estimate of drug-likeness (QED) is 0.829. The topological polar surface area (TPSA) is 72.2 Å². The highest BCUT2D eigenvalue weighted by Crippen LogP contribution is 2.35. The van der Waals surface area contributed by atoms with Crippen molar-refractivity contribution in [2.24, 2.45) is 5.73 Å². The van der Waals surface area contributed by atoms with Crippen LogP contribution in [0, 0.1) is 0 Å². The highest BCUT2D eigenvalue weighted by molar-refractivity contribution is 9.11. The Morgan fingerprint density at radius 2 is 2.14 bits per heavy atom. The van der Waals surface area contributed by atoms with E-state index in [-0.39, 0.29) is 10.8 Å². The lowest BCUT2D eigenvalue weighted by molar-refractivity contribution is 0.552. The lowest BCUT2D eigenvalue weighted by Crippen LogP contribution is -2.33. The first-order chi connectivity index (χ1) is 10.0. The van der Waals surface area contributed by atoms with E-state index < -0.39 is 10.0 Å². The molecule has 21 heavy (non-hydrogen) atoms. The Morgan fingerprint density at radius 1 is 1.38 bits per heavy atom. The Bertz CT molecular complexity index is 771. The molecule has 1 aliphatic rings. The summed E-state index contributed by atoms with van der Waals surface area (Å²) in [5.74, 6) is 0.266.